The second-order valence-corrected chi connectivity index (χ2v) is 3.45. The van der Waals surface area contributed by atoms with Crippen LogP contribution in [0.1, 0.15) is 13.3 Å². The third-order valence-electron chi connectivity index (χ3n) is 1.91. The van der Waals surface area contributed by atoms with Gasteiger partial charge in [0.15, 0.2) is 5.75 Å². The Morgan fingerprint density at radius 3 is 2.65 bits per heavy atom. The molecule has 1 unspecified atom stereocenters. The molecule has 0 aliphatic heterocycles. The fraction of sp³-hybridized carbons (Fsp3) is 0.364. The summed E-state index contributed by atoms with van der Waals surface area (Å²) in [5, 5.41) is 11.3. The van der Waals surface area contributed by atoms with Crippen molar-refractivity contribution in [3.05, 3.63) is 24.3 Å². The minimum absolute atomic E-state index is 0.195. The first-order valence-corrected chi connectivity index (χ1v) is 4.90. The van der Waals surface area contributed by atoms with Crippen LogP contribution in [0.5, 0.6) is 5.75 Å². The lowest BCUT2D eigenvalue weighted by Gasteiger charge is -2.17. The van der Waals surface area contributed by atoms with Crippen LogP contribution < -0.4 is 10.1 Å². The second kappa shape index (κ2) is 5.43. The molecule has 1 aromatic carbocycles. The molecule has 92 valence electrons. The van der Waals surface area contributed by atoms with Crippen LogP contribution in [0.2, 0.25) is 0 Å². The van der Waals surface area contributed by atoms with Crippen molar-refractivity contribution in [2.75, 3.05) is 5.32 Å². The number of alkyl halides is 3. The van der Waals surface area contributed by atoms with Gasteiger partial charge in [-0.05, 0) is 19.1 Å². The Morgan fingerprint density at radius 1 is 1.41 bits per heavy atom. The maximum atomic E-state index is 12.1. The number of nitrogens with one attached hydrogen (secondary N) is 1. The van der Waals surface area contributed by atoms with Crippen LogP contribution >= 0.6 is 0 Å². The monoisotopic (exact) mass is 244 g/mol. The maximum absolute atomic E-state index is 12.1. The minimum atomic E-state index is -4.73. The quantitative estimate of drug-likeness (QED) is 0.883. The highest BCUT2D eigenvalue weighted by atomic mass is 19.4. The van der Waals surface area contributed by atoms with Crippen molar-refractivity contribution >= 4 is 5.69 Å². The third-order valence-corrected chi connectivity index (χ3v) is 1.91. The lowest BCUT2D eigenvalue weighted by atomic mass is 10.2. The smallest absolute Gasteiger partial charge is 0.404 e. The molecule has 1 N–H and O–H groups in total. The van der Waals surface area contributed by atoms with Crippen LogP contribution in [-0.2, 0) is 0 Å². The Morgan fingerprint density at radius 2 is 2.06 bits per heavy atom. The van der Waals surface area contributed by atoms with Gasteiger partial charge in [-0.15, -0.1) is 13.2 Å². The first-order valence-electron chi connectivity index (χ1n) is 4.90. The largest absolute Gasteiger partial charge is 0.573 e. The molecule has 17 heavy (non-hydrogen) atoms. The Balaban J connectivity index is 2.82. The summed E-state index contributed by atoms with van der Waals surface area (Å²) in [5.74, 6) is -0.301. The number of nitrogens with zero attached hydrogens (tertiary/aromatic N) is 1. The number of halogens is 3. The first-order chi connectivity index (χ1) is 7.92. The highest BCUT2D eigenvalue weighted by molar-refractivity contribution is 5.56. The van der Waals surface area contributed by atoms with Crippen molar-refractivity contribution in [2.45, 2.75) is 25.7 Å². The number of benzene rings is 1. The van der Waals surface area contributed by atoms with E-state index >= 15 is 0 Å². The fourth-order valence-electron chi connectivity index (χ4n) is 1.25. The highest BCUT2D eigenvalue weighted by Gasteiger charge is 2.32. The van der Waals surface area contributed by atoms with Gasteiger partial charge in [-0.2, -0.15) is 5.26 Å². The Hall–Kier alpha value is -1.90. The average molecular weight is 244 g/mol. The van der Waals surface area contributed by atoms with Crippen LogP contribution in [0, 0.1) is 11.3 Å². The molecule has 1 atom stereocenters. The molecule has 0 bridgehead atoms. The van der Waals surface area contributed by atoms with Gasteiger partial charge in [0.1, 0.15) is 0 Å². The Kier molecular flexibility index (Phi) is 4.21. The molecule has 6 heteroatoms. The second-order valence-electron chi connectivity index (χ2n) is 3.45. The minimum Gasteiger partial charge on any atom is -0.404 e. The van der Waals surface area contributed by atoms with E-state index in [1.165, 1.54) is 18.2 Å². The summed E-state index contributed by atoms with van der Waals surface area (Å²) >= 11 is 0. The van der Waals surface area contributed by atoms with E-state index in [1.807, 2.05) is 6.07 Å². The van der Waals surface area contributed by atoms with Gasteiger partial charge in [-0.25, -0.2) is 0 Å². The predicted molar refractivity (Wildman–Crippen MR) is 56.4 cm³/mol. The topological polar surface area (TPSA) is 45.0 Å². The SMILES string of the molecule is CC(CC#N)Nc1ccccc1OC(F)(F)F. The van der Waals surface area contributed by atoms with Crippen LogP contribution in [0.15, 0.2) is 24.3 Å². The molecule has 0 radical (unpaired) electrons. The van der Waals surface area contributed by atoms with Gasteiger partial charge in [0.2, 0.25) is 0 Å². The molecule has 0 saturated carbocycles. The molecule has 0 heterocycles. The van der Waals surface area contributed by atoms with E-state index < -0.39 is 6.36 Å². The van der Waals surface area contributed by atoms with Crippen molar-refractivity contribution in [1.29, 1.82) is 5.26 Å². The third kappa shape index (κ3) is 4.64. The Labute approximate surface area is 96.8 Å². The number of hydrogen-bond acceptors (Lipinski definition) is 3. The van der Waals surface area contributed by atoms with Crippen LogP contribution in [0.3, 0.4) is 0 Å². The first kappa shape index (κ1) is 13.2. The van der Waals surface area contributed by atoms with E-state index in [-0.39, 0.29) is 23.9 Å². The summed E-state index contributed by atoms with van der Waals surface area (Å²) in [6.07, 6.45) is -4.53. The van der Waals surface area contributed by atoms with Crippen LogP contribution in [0.25, 0.3) is 0 Å². The summed E-state index contributed by atoms with van der Waals surface area (Å²) in [6, 6.07) is 7.40. The van der Waals surface area contributed by atoms with Gasteiger partial charge in [0.05, 0.1) is 18.2 Å². The molecule has 0 spiro atoms. The van der Waals surface area contributed by atoms with E-state index in [0.717, 1.165) is 0 Å². The van der Waals surface area contributed by atoms with Crippen molar-refractivity contribution < 1.29 is 17.9 Å². The highest BCUT2D eigenvalue weighted by Crippen LogP contribution is 2.30. The summed E-state index contributed by atoms with van der Waals surface area (Å²) in [6.45, 7) is 1.70. The fourth-order valence-corrected chi connectivity index (χ4v) is 1.25. The van der Waals surface area contributed by atoms with Gasteiger partial charge < -0.3 is 10.1 Å². The van der Waals surface area contributed by atoms with E-state index in [4.69, 9.17) is 5.26 Å². The lowest BCUT2D eigenvalue weighted by molar-refractivity contribution is -0.274. The molecule has 0 fully saturated rings. The van der Waals surface area contributed by atoms with Crippen LogP contribution in [0.4, 0.5) is 18.9 Å². The number of anilines is 1. The lowest BCUT2D eigenvalue weighted by Crippen LogP contribution is -2.20. The van der Waals surface area contributed by atoms with Crippen molar-refractivity contribution in [3.63, 3.8) is 0 Å². The Bertz CT molecular complexity index is 412. The van der Waals surface area contributed by atoms with E-state index in [0.29, 0.717) is 0 Å². The number of nitriles is 1. The standard InChI is InChI=1S/C11H11F3N2O/c1-8(6-7-15)16-9-4-2-3-5-10(9)17-11(12,13)14/h2-5,8,16H,6H2,1H3. The molecule has 0 aromatic heterocycles. The number of hydrogen-bond donors (Lipinski definition) is 1. The molecular formula is C11H11F3N2O. The summed E-state index contributed by atoms with van der Waals surface area (Å²) < 4.78 is 40.2. The van der Waals surface area contributed by atoms with E-state index in [9.17, 15) is 13.2 Å². The number of ether oxygens (including phenoxy) is 1. The summed E-state index contributed by atoms with van der Waals surface area (Å²) in [5.41, 5.74) is 0.215. The molecule has 1 rings (SSSR count). The average Bonchev–Trinajstić information content (AvgIpc) is 2.19. The zero-order valence-corrected chi connectivity index (χ0v) is 9.08. The van der Waals surface area contributed by atoms with Gasteiger partial charge in [-0.1, -0.05) is 12.1 Å². The summed E-state index contributed by atoms with van der Waals surface area (Å²) in [4.78, 5) is 0. The zero-order chi connectivity index (χ0) is 12.9. The predicted octanol–water partition coefficient (Wildman–Crippen LogP) is 3.30. The van der Waals surface area contributed by atoms with Gasteiger partial charge in [0, 0.05) is 6.04 Å². The van der Waals surface area contributed by atoms with Crippen molar-refractivity contribution in [2.24, 2.45) is 0 Å². The molecular weight excluding hydrogens is 233 g/mol. The van der Waals surface area contributed by atoms with E-state index in [2.05, 4.69) is 10.1 Å². The normalized spacial score (nSPS) is 12.6. The van der Waals surface area contributed by atoms with Gasteiger partial charge >= 0.3 is 6.36 Å². The number of para-hydroxylation sites is 2. The van der Waals surface area contributed by atoms with Gasteiger partial charge in [-0.3, -0.25) is 0 Å². The molecule has 0 aliphatic rings. The summed E-state index contributed by atoms with van der Waals surface area (Å²) in [7, 11) is 0. The maximum Gasteiger partial charge on any atom is 0.573 e. The molecule has 0 aliphatic carbocycles. The molecule has 0 amide bonds. The van der Waals surface area contributed by atoms with Crippen molar-refractivity contribution in [3.8, 4) is 11.8 Å². The van der Waals surface area contributed by atoms with Gasteiger partial charge in [0.25, 0.3) is 0 Å². The molecule has 1 aromatic rings. The van der Waals surface area contributed by atoms with E-state index in [1.54, 1.807) is 13.0 Å². The van der Waals surface area contributed by atoms with Crippen molar-refractivity contribution in [1.82, 2.24) is 0 Å². The molecule has 0 saturated heterocycles. The molecule has 3 nitrogen and oxygen atoms in total. The van der Waals surface area contributed by atoms with Crippen LogP contribution in [-0.4, -0.2) is 12.4 Å². The number of rotatable bonds is 4. The zero-order valence-electron chi connectivity index (χ0n) is 9.08.